The summed E-state index contributed by atoms with van der Waals surface area (Å²) in [6, 6.07) is 11.2. The molecule has 1 aromatic heterocycles. The maximum Gasteiger partial charge on any atom is 0.338 e. The first-order valence-corrected chi connectivity index (χ1v) is 7.63. The van der Waals surface area contributed by atoms with Gasteiger partial charge in [0.1, 0.15) is 0 Å². The van der Waals surface area contributed by atoms with Gasteiger partial charge in [-0.05, 0) is 42.8 Å². The van der Waals surface area contributed by atoms with Gasteiger partial charge >= 0.3 is 5.97 Å². The Bertz CT molecular complexity index is 566. The molecule has 20 heavy (non-hydrogen) atoms. The number of halogens is 1. The number of anilines is 1. The monoisotopic (exact) mass is 309 g/mol. The van der Waals surface area contributed by atoms with E-state index in [9.17, 15) is 4.79 Å². The number of esters is 1. The van der Waals surface area contributed by atoms with Crippen molar-refractivity contribution in [2.75, 3.05) is 11.9 Å². The van der Waals surface area contributed by atoms with Gasteiger partial charge < -0.3 is 10.1 Å². The summed E-state index contributed by atoms with van der Waals surface area (Å²) in [6.45, 7) is 3.14. The summed E-state index contributed by atoms with van der Waals surface area (Å²) in [5.41, 5.74) is 1.53. The third-order valence-electron chi connectivity index (χ3n) is 2.65. The highest BCUT2D eigenvalue weighted by Gasteiger charge is 2.06. The van der Waals surface area contributed by atoms with E-state index in [2.05, 4.69) is 5.32 Å². The maximum atomic E-state index is 11.6. The quantitative estimate of drug-likeness (QED) is 0.794. The molecule has 0 aliphatic heterocycles. The molecule has 0 spiro atoms. The van der Waals surface area contributed by atoms with Crippen LogP contribution < -0.4 is 5.32 Å². The minimum Gasteiger partial charge on any atom is -0.462 e. The number of ether oxygens (including phenoxy) is 1. The maximum absolute atomic E-state index is 11.6. The van der Waals surface area contributed by atoms with Crippen molar-refractivity contribution in [3.63, 3.8) is 0 Å². The zero-order valence-corrected chi connectivity index (χ0v) is 12.8. The zero-order chi connectivity index (χ0) is 14.4. The standard InChI is InChI=1S/C15H16ClNO2S/c1-2-9-19-15(18)11-3-5-12(6-4-11)17-10-13-7-8-14(16)20-13/h3-8,17H,2,9-10H2,1H3. The summed E-state index contributed by atoms with van der Waals surface area (Å²) < 4.78 is 5.86. The van der Waals surface area contributed by atoms with Crippen molar-refractivity contribution in [2.45, 2.75) is 19.9 Å². The Morgan fingerprint density at radius 3 is 2.60 bits per heavy atom. The summed E-state index contributed by atoms with van der Waals surface area (Å²) in [5, 5.41) is 3.28. The van der Waals surface area contributed by atoms with Crippen molar-refractivity contribution >= 4 is 34.6 Å². The van der Waals surface area contributed by atoms with E-state index in [4.69, 9.17) is 16.3 Å². The molecular weight excluding hydrogens is 294 g/mol. The van der Waals surface area contributed by atoms with Crippen LogP contribution >= 0.6 is 22.9 Å². The molecule has 1 N–H and O–H groups in total. The minimum absolute atomic E-state index is 0.275. The topological polar surface area (TPSA) is 38.3 Å². The summed E-state index contributed by atoms with van der Waals surface area (Å²) in [4.78, 5) is 12.8. The van der Waals surface area contributed by atoms with Crippen molar-refractivity contribution in [2.24, 2.45) is 0 Å². The number of rotatable bonds is 6. The molecule has 0 fully saturated rings. The van der Waals surface area contributed by atoms with Crippen LogP contribution in [0.1, 0.15) is 28.6 Å². The third kappa shape index (κ3) is 4.25. The molecule has 0 aliphatic carbocycles. The highest BCUT2D eigenvalue weighted by Crippen LogP contribution is 2.22. The van der Waals surface area contributed by atoms with Crippen LogP contribution in [-0.4, -0.2) is 12.6 Å². The second-order valence-corrected chi connectivity index (χ2v) is 6.07. The molecule has 0 saturated heterocycles. The second kappa shape index (κ2) is 7.31. The van der Waals surface area contributed by atoms with Gasteiger partial charge in [0.15, 0.2) is 0 Å². The summed E-state index contributed by atoms with van der Waals surface area (Å²) >= 11 is 7.43. The van der Waals surface area contributed by atoms with Crippen LogP contribution in [0.2, 0.25) is 4.34 Å². The van der Waals surface area contributed by atoms with Crippen LogP contribution in [0.5, 0.6) is 0 Å². The molecule has 1 aromatic carbocycles. The number of hydrogen-bond acceptors (Lipinski definition) is 4. The molecule has 0 saturated carbocycles. The van der Waals surface area contributed by atoms with Gasteiger partial charge in [0, 0.05) is 17.1 Å². The molecule has 2 rings (SSSR count). The molecule has 0 atom stereocenters. The van der Waals surface area contributed by atoms with Gasteiger partial charge in [-0.15, -0.1) is 11.3 Å². The van der Waals surface area contributed by atoms with Crippen molar-refractivity contribution in [3.05, 3.63) is 51.2 Å². The Hall–Kier alpha value is -1.52. The number of carbonyl (C=O) groups excluding carboxylic acids is 1. The summed E-state index contributed by atoms with van der Waals surface area (Å²) in [6.07, 6.45) is 0.828. The van der Waals surface area contributed by atoms with Gasteiger partial charge in [0.2, 0.25) is 0 Å². The van der Waals surface area contributed by atoms with Gasteiger partial charge in [-0.2, -0.15) is 0 Å². The van der Waals surface area contributed by atoms with Gasteiger partial charge in [-0.3, -0.25) is 0 Å². The Kier molecular flexibility index (Phi) is 5.44. The predicted octanol–water partition coefficient (Wildman–Crippen LogP) is 4.58. The van der Waals surface area contributed by atoms with Crippen LogP contribution in [0.25, 0.3) is 0 Å². The summed E-state index contributed by atoms with van der Waals surface area (Å²) in [5.74, 6) is -0.275. The predicted molar refractivity (Wildman–Crippen MR) is 83.7 cm³/mol. The van der Waals surface area contributed by atoms with Crippen LogP contribution in [0.4, 0.5) is 5.69 Å². The Morgan fingerprint density at radius 2 is 2.00 bits per heavy atom. The van der Waals surface area contributed by atoms with E-state index in [1.807, 2.05) is 31.2 Å². The Morgan fingerprint density at radius 1 is 1.25 bits per heavy atom. The zero-order valence-electron chi connectivity index (χ0n) is 11.2. The number of carbonyl (C=O) groups is 1. The van der Waals surface area contributed by atoms with Gasteiger partial charge in [-0.25, -0.2) is 4.79 Å². The smallest absolute Gasteiger partial charge is 0.338 e. The first kappa shape index (κ1) is 14.9. The lowest BCUT2D eigenvalue weighted by atomic mass is 10.2. The Balaban J connectivity index is 1.89. The number of nitrogens with one attached hydrogen (secondary N) is 1. The lowest BCUT2D eigenvalue weighted by Crippen LogP contribution is -2.06. The molecule has 106 valence electrons. The van der Waals surface area contributed by atoms with Crippen molar-refractivity contribution < 1.29 is 9.53 Å². The SMILES string of the molecule is CCCOC(=O)c1ccc(NCc2ccc(Cl)s2)cc1. The van der Waals surface area contributed by atoms with Crippen molar-refractivity contribution in [1.29, 1.82) is 0 Å². The van der Waals surface area contributed by atoms with Crippen LogP contribution in [0, 0.1) is 0 Å². The molecule has 0 radical (unpaired) electrons. The first-order valence-electron chi connectivity index (χ1n) is 6.44. The Labute approximate surface area is 127 Å². The largest absolute Gasteiger partial charge is 0.462 e. The molecule has 5 heteroatoms. The molecule has 1 heterocycles. The van der Waals surface area contributed by atoms with E-state index < -0.39 is 0 Å². The van der Waals surface area contributed by atoms with E-state index in [1.54, 1.807) is 23.5 Å². The average molecular weight is 310 g/mol. The highest BCUT2D eigenvalue weighted by molar-refractivity contribution is 7.16. The molecule has 0 unspecified atom stereocenters. The van der Waals surface area contributed by atoms with E-state index in [1.165, 1.54) is 4.88 Å². The molecular formula is C15H16ClNO2S. The number of thiophene rings is 1. The summed E-state index contributed by atoms with van der Waals surface area (Å²) in [7, 11) is 0. The average Bonchev–Trinajstić information content (AvgIpc) is 2.89. The van der Waals surface area contributed by atoms with E-state index in [0.717, 1.165) is 23.0 Å². The molecule has 0 aliphatic rings. The number of benzene rings is 1. The lowest BCUT2D eigenvalue weighted by molar-refractivity contribution is 0.0505. The fourth-order valence-corrected chi connectivity index (χ4v) is 2.67. The van der Waals surface area contributed by atoms with E-state index in [0.29, 0.717) is 12.2 Å². The van der Waals surface area contributed by atoms with Crippen LogP contribution in [0.15, 0.2) is 36.4 Å². The van der Waals surface area contributed by atoms with Gasteiger partial charge in [0.05, 0.1) is 16.5 Å². The van der Waals surface area contributed by atoms with Crippen molar-refractivity contribution in [3.8, 4) is 0 Å². The highest BCUT2D eigenvalue weighted by atomic mass is 35.5. The molecule has 0 amide bonds. The minimum atomic E-state index is -0.275. The van der Waals surface area contributed by atoms with Crippen LogP contribution in [0.3, 0.4) is 0 Å². The van der Waals surface area contributed by atoms with Crippen LogP contribution in [-0.2, 0) is 11.3 Å². The molecule has 0 bridgehead atoms. The van der Waals surface area contributed by atoms with E-state index in [-0.39, 0.29) is 5.97 Å². The van der Waals surface area contributed by atoms with Crippen molar-refractivity contribution in [1.82, 2.24) is 0 Å². The third-order valence-corrected chi connectivity index (χ3v) is 3.88. The normalized spacial score (nSPS) is 10.3. The first-order chi connectivity index (χ1) is 9.69. The molecule has 2 aromatic rings. The second-order valence-electron chi connectivity index (χ2n) is 4.27. The van der Waals surface area contributed by atoms with Gasteiger partial charge in [0.25, 0.3) is 0 Å². The fourth-order valence-electron chi connectivity index (χ4n) is 1.64. The van der Waals surface area contributed by atoms with Gasteiger partial charge in [-0.1, -0.05) is 18.5 Å². The number of hydrogen-bond donors (Lipinski definition) is 1. The fraction of sp³-hybridized carbons (Fsp3) is 0.267. The van der Waals surface area contributed by atoms with E-state index >= 15 is 0 Å². The lowest BCUT2D eigenvalue weighted by Gasteiger charge is -2.06. The molecule has 3 nitrogen and oxygen atoms in total.